The van der Waals surface area contributed by atoms with Gasteiger partial charge in [-0.15, -0.1) is 0 Å². The Labute approximate surface area is 204 Å². The van der Waals surface area contributed by atoms with E-state index in [0.29, 0.717) is 15.8 Å². The zero-order valence-corrected chi connectivity index (χ0v) is 20.2. The number of aromatic hydroxyl groups is 1. The van der Waals surface area contributed by atoms with Gasteiger partial charge in [0, 0.05) is 35.8 Å². The highest BCUT2D eigenvalue weighted by Crippen LogP contribution is 2.42. The average molecular weight is 483 g/mol. The van der Waals surface area contributed by atoms with Gasteiger partial charge in [-0.3, -0.25) is 4.98 Å². The minimum absolute atomic E-state index is 0.0575. The van der Waals surface area contributed by atoms with E-state index in [1.54, 1.807) is 18.2 Å². The maximum absolute atomic E-state index is 10.6. The lowest BCUT2D eigenvalue weighted by Crippen LogP contribution is -2.36. The quantitative estimate of drug-likeness (QED) is 0.499. The number of rotatable bonds is 5. The molecular formula is C25H27ClN4O2S. The van der Waals surface area contributed by atoms with Gasteiger partial charge >= 0.3 is 0 Å². The molecule has 6 nitrogen and oxygen atoms in total. The fourth-order valence-corrected chi connectivity index (χ4v) is 5.56. The first kappa shape index (κ1) is 22.2. The number of hydrogen-bond acceptors (Lipinski definition) is 4. The molecule has 2 aliphatic rings. The SMILES string of the molecule is Cc1cc([C@H]2[C@H](c3ccccn3)NC(=S)N2C[C@@H]2CCCO2)c(C)n1-c1cc(Cl)ccc1O. The van der Waals surface area contributed by atoms with E-state index in [2.05, 4.69) is 32.8 Å². The third-order valence-corrected chi connectivity index (χ3v) is 7.18. The summed E-state index contributed by atoms with van der Waals surface area (Å²) in [5.41, 5.74) is 4.77. The summed E-state index contributed by atoms with van der Waals surface area (Å²) in [6.45, 7) is 5.64. The molecule has 2 aliphatic heterocycles. The number of phenols is 1. The minimum atomic E-state index is -0.0954. The van der Waals surface area contributed by atoms with Crippen LogP contribution < -0.4 is 5.32 Å². The second kappa shape index (κ2) is 8.97. The fraction of sp³-hybridized carbons (Fsp3) is 0.360. The fourth-order valence-electron chi connectivity index (χ4n) is 5.08. The summed E-state index contributed by atoms with van der Waals surface area (Å²) in [6, 6.07) is 13.1. The first-order valence-corrected chi connectivity index (χ1v) is 12.0. The summed E-state index contributed by atoms with van der Waals surface area (Å²) >= 11 is 12.1. The number of nitrogens with one attached hydrogen (secondary N) is 1. The van der Waals surface area contributed by atoms with Crippen molar-refractivity contribution in [3.05, 3.63) is 76.3 Å². The molecular weight excluding hydrogens is 456 g/mol. The van der Waals surface area contributed by atoms with Crippen molar-refractivity contribution in [3.63, 3.8) is 0 Å². The van der Waals surface area contributed by atoms with E-state index in [9.17, 15) is 5.11 Å². The third kappa shape index (κ3) is 4.09. The van der Waals surface area contributed by atoms with Gasteiger partial charge in [0.05, 0.1) is 29.6 Å². The number of hydrogen-bond donors (Lipinski definition) is 2. The number of halogens is 1. The summed E-state index contributed by atoms with van der Waals surface area (Å²) < 4.78 is 8.00. The molecule has 0 amide bonds. The maximum atomic E-state index is 10.6. The second-order valence-corrected chi connectivity index (χ2v) is 9.53. The Balaban J connectivity index is 1.61. The van der Waals surface area contributed by atoms with Crippen LogP contribution in [0.2, 0.25) is 5.02 Å². The highest BCUT2D eigenvalue weighted by Gasteiger charge is 2.42. The van der Waals surface area contributed by atoms with Crippen LogP contribution in [0.3, 0.4) is 0 Å². The van der Waals surface area contributed by atoms with Gasteiger partial charge < -0.3 is 24.6 Å². The molecule has 3 atom stereocenters. The third-order valence-electron chi connectivity index (χ3n) is 6.59. The molecule has 4 heterocycles. The molecule has 0 saturated carbocycles. The van der Waals surface area contributed by atoms with Gasteiger partial charge in [0.2, 0.25) is 0 Å². The van der Waals surface area contributed by atoms with Crippen molar-refractivity contribution in [2.45, 2.75) is 44.9 Å². The van der Waals surface area contributed by atoms with Gasteiger partial charge in [0.25, 0.3) is 0 Å². The van der Waals surface area contributed by atoms with Crippen LogP contribution in [-0.4, -0.2) is 43.9 Å². The molecule has 1 aromatic carbocycles. The van der Waals surface area contributed by atoms with Crippen molar-refractivity contribution in [2.24, 2.45) is 0 Å². The molecule has 3 aromatic rings. The van der Waals surface area contributed by atoms with Crippen molar-refractivity contribution in [3.8, 4) is 11.4 Å². The van der Waals surface area contributed by atoms with Crippen molar-refractivity contribution in [1.82, 2.24) is 19.8 Å². The predicted octanol–water partition coefficient (Wildman–Crippen LogP) is 5.00. The summed E-state index contributed by atoms with van der Waals surface area (Å²) in [6.07, 6.45) is 4.09. The van der Waals surface area contributed by atoms with Gasteiger partial charge in [0.1, 0.15) is 5.75 Å². The lowest BCUT2D eigenvalue weighted by molar-refractivity contribution is 0.0842. The van der Waals surface area contributed by atoms with Crippen molar-refractivity contribution < 1.29 is 9.84 Å². The predicted molar refractivity (Wildman–Crippen MR) is 133 cm³/mol. The maximum Gasteiger partial charge on any atom is 0.170 e. The largest absolute Gasteiger partial charge is 0.506 e. The Hall–Kier alpha value is -2.61. The number of pyridine rings is 1. The normalized spacial score (nSPS) is 22.7. The van der Waals surface area contributed by atoms with Crippen LogP contribution in [0.1, 0.15) is 47.6 Å². The van der Waals surface area contributed by atoms with E-state index in [1.165, 1.54) is 0 Å². The number of nitrogens with zero attached hydrogens (tertiary/aromatic N) is 3. The number of aromatic nitrogens is 2. The highest BCUT2D eigenvalue weighted by atomic mass is 35.5. The molecule has 2 fully saturated rings. The van der Waals surface area contributed by atoms with Crippen LogP contribution in [0.15, 0.2) is 48.7 Å². The summed E-state index contributed by atoms with van der Waals surface area (Å²) in [5.74, 6) is 0.185. The number of phenolic OH excluding ortho intramolecular Hbond substituents is 1. The molecule has 0 aliphatic carbocycles. The van der Waals surface area contributed by atoms with Crippen LogP contribution in [-0.2, 0) is 4.74 Å². The smallest absolute Gasteiger partial charge is 0.170 e. The molecule has 33 heavy (non-hydrogen) atoms. The van der Waals surface area contributed by atoms with Gasteiger partial charge in [-0.05, 0) is 80.9 Å². The molecule has 0 bridgehead atoms. The van der Waals surface area contributed by atoms with E-state index in [1.807, 2.05) is 31.3 Å². The Morgan fingerprint density at radius 3 is 2.82 bits per heavy atom. The first-order chi connectivity index (χ1) is 15.9. The van der Waals surface area contributed by atoms with Crippen molar-refractivity contribution in [2.75, 3.05) is 13.2 Å². The van der Waals surface area contributed by atoms with Crippen LogP contribution in [0.4, 0.5) is 0 Å². The van der Waals surface area contributed by atoms with Crippen molar-refractivity contribution in [1.29, 1.82) is 0 Å². The van der Waals surface area contributed by atoms with E-state index in [4.69, 9.17) is 28.6 Å². The number of aryl methyl sites for hydroxylation is 1. The molecule has 5 rings (SSSR count). The van der Waals surface area contributed by atoms with E-state index >= 15 is 0 Å². The van der Waals surface area contributed by atoms with Crippen LogP contribution >= 0.6 is 23.8 Å². The standard InChI is InChI=1S/C25H27ClN4O2S/c1-15-12-19(16(2)30(15)21-13-17(26)8-9-22(21)31)24-23(20-7-3-4-10-27-20)28-25(33)29(24)14-18-6-5-11-32-18/h3-4,7-10,12-13,18,23-24,31H,5-6,11,14H2,1-2H3,(H,28,33)/t18-,23-,24-/m0/s1. The summed E-state index contributed by atoms with van der Waals surface area (Å²) in [4.78, 5) is 6.88. The Morgan fingerprint density at radius 1 is 1.24 bits per heavy atom. The lowest BCUT2D eigenvalue weighted by atomic mass is 9.96. The monoisotopic (exact) mass is 482 g/mol. The highest BCUT2D eigenvalue weighted by molar-refractivity contribution is 7.80. The van der Waals surface area contributed by atoms with Gasteiger partial charge in [-0.1, -0.05) is 17.7 Å². The Bertz CT molecular complexity index is 1180. The molecule has 8 heteroatoms. The van der Waals surface area contributed by atoms with Crippen LogP contribution in [0, 0.1) is 13.8 Å². The summed E-state index contributed by atoms with van der Waals surface area (Å²) in [7, 11) is 0. The molecule has 2 aromatic heterocycles. The lowest BCUT2D eigenvalue weighted by Gasteiger charge is -2.30. The van der Waals surface area contributed by atoms with E-state index in [0.717, 1.165) is 48.6 Å². The minimum Gasteiger partial charge on any atom is -0.506 e. The van der Waals surface area contributed by atoms with Crippen molar-refractivity contribution >= 4 is 28.9 Å². The Kier molecular flexibility index (Phi) is 6.03. The first-order valence-electron chi connectivity index (χ1n) is 11.2. The van der Waals surface area contributed by atoms with E-state index < -0.39 is 0 Å². The molecule has 2 saturated heterocycles. The molecule has 0 unspecified atom stereocenters. The average Bonchev–Trinajstić information content (AvgIpc) is 3.50. The summed E-state index contributed by atoms with van der Waals surface area (Å²) in [5, 5.41) is 15.4. The van der Waals surface area contributed by atoms with Crippen LogP contribution in [0.25, 0.3) is 5.69 Å². The molecule has 172 valence electrons. The second-order valence-electron chi connectivity index (χ2n) is 8.71. The number of benzene rings is 1. The Morgan fingerprint density at radius 2 is 2.09 bits per heavy atom. The van der Waals surface area contributed by atoms with Gasteiger partial charge in [0.15, 0.2) is 5.11 Å². The zero-order chi connectivity index (χ0) is 23.1. The van der Waals surface area contributed by atoms with E-state index in [-0.39, 0.29) is 23.9 Å². The molecule has 2 N–H and O–H groups in total. The number of thiocarbonyl (C=S) groups is 1. The topological polar surface area (TPSA) is 62.5 Å². The molecule has 0 radical (unpaired) electrons. The van der Waals surface area contributed by atoms with Gasteiger partial charge in [-0.25, -0.2) is 0 Å². The number of ether oxygens (including phenoxy) is 1. The van der Waals surface area contributed by atoms with Gasteiger partial charge in [-0.2, -0.15) is 0 Å². The van der Waals surface area contributed by atoms with Crippen LogP contribution in [0.5, 0.6) is 5.75 Å². The molecule has 0 spiro atoms. The zero-order valence-electron chi connectivity index (χ0n) is 18.7.